The molecule has 154 valence electrons. The quantitative estimate of drug-likeness (QED) is 0.488. The van der Waals surface area contributed by atoms with Crippen molar-refractivity contribution < 1.29 is 22.7 Å². The van der Waals surface area contributed by atoms with Crippen LogP contribution in [0.15, 0.2) is 58.2 Å². The summed E-state index contributed by atoms with van der Waals surface area (Å²) in [6, 6.07) is 8.74. The molecule has 0 bridgehead atoms. The Balaban J connectivity index is 1.84. The minimum atomic E-state index is -3.92. The normalized spacial score (nSPS) is 11.8. The SMILES string of the molecule is Cc1c(Cc2scnc2S(=O)(=O)c2ccccn2)c2cc(F)ccc2n1CC(=O)O. The zero-order chi connectivity index (χ0) is 21.5. The Morgan fingerprint density at radius 1 is 1.23 bits per heavy atom. The Labute approximate surface area is 175 Å². The van der Waals surface area contributed by atoms with Gasteiger partial charge in [-0.05, 0) is 42.8 Å². The topological polar surface area (TPSA) is 102 Å². The number of aliphatic carboxylic acids is 1. The number of carbonyl (C=O) groups is 1. The third-order valence-corrected chi connectivity index (χ3v) is 7.43. The molecule has 0 unspecified atom stereocenters. The Kier molecular flexibility index (Phi) is 5.12. The highest BCUT2D eigenvalue weighted by Gasteiger charge is 2.27. The average Bonchev–Trinajstić information content (AvgIpc) is 3.28. The van der Waals surface area contributed by atoms with Gasteiger partial charge in [-0.25, -0.2) is 22.8 Å². The van der Waals surface area contributed by atoms with Crippen LogP contribution in [0.5, 0.6) is 0 Å². The van der Waals surface area contributed by atoms with Gasteiger partial charge in [0.1, 0.15) is 12.4 Å². The standard InChI is InChI=1S/C20H16FN3O4S2/c1-12-14(15-8-13(21)5-6-16(15)24(12)10-19(25)26)9-17-20(23-11-29-17)30(27,28)18-4-2-3-7-22-18/h2-8,11H,9-10H2,1H3,(H,25,26). The second-order valence-corrected chi connectivity index (χ2v) is 9.39. The van der Waals surface area contributed by atoms with E-state index in [4.69, 9.17) is 0 Å². The van der Waals surface area contributed by atoms with E-state index in [1.54, 1.807) is 23.6 Å². The van der Waals surface area contributed by atoms with Crippen molar-refractivity contribution in [3.05, 3.63) is 70.1 Å². The summed E-state index contributed by atoms with van der Waals surface area (Å²) < 4.78 is 41.5. The van der Waals surface area contributed by atoms with Gasteiger partial charge in [0.25, 0.3) is 0 Å². The Morgan fingerprint density at radius 2 is 2.03 bits per heavy atom. The van der Waals surface area contributed by atoms with Crippen molar-refractivity contribution in [2.45, 2.75) is 29.9 Å². The van der Waals surface area contributed by atoms with E-state index in [1.165, 1.54) is 47.3 Å². The number of rotatable bonds is 6. The second-order valence-electron chi connectivity index (χ2n) is 6.63. The summed E-state index contributed by atoms with van der Waals surface area (Å²) in [4.78, 5) is 19.8. The van der Waals surface area contributed by atoms with Crippen molar-refractivity contribution >= 4 is 38.0 Å². The number of hydrogen-bond acceptors (Lipinski definition) is 6. The van der Waals surface area contributed by atoms with Gasteiger partial charge in [-0.15, -0.1) is 11.3 Å². The van der Waals surface area contributed by atoms with Gasteiger partial charge in [-0.2, -0.15) is 0 Å². The number of carboxylic acids is 1. The summed E-state index contributed by atoms with van der Waals surface area (Å²) in [6.07, 6.45) is 1.57. The van der Waals surface area contributed by atoms with E-state index in [0.29, 0.717) is 27.0 Å². The maximum absolute atomic E-state index is 13.9. The number of aromatic nitrogens is 3. The molecule has 1 N–H and O–H groups in total. The summed E-state index contributed by atoms with van der Waals surface area (Å²) >= 11 is 1.17. The van der Waals surface area contributed by atoms with Crippen LogP contribution in [0.25, 0.3) is 10.9 Å². The number of pyridine rings is 1. The van der Waals surface area contributed by atoms with E-state index in [9.17, 15) is 22.7 Å². The number of fused-ring (bicyclic) bond motifs is 1. The van der Waals surface area contributed by atoms with Crippen molar-refractivity contribution in [2.75, 3.05) is 0 Å². The third kappa shape index (κ3) is 3.48. The lowest BCUT2D eigenvalue weighted by atomic mass is 10.1. The molecule has 3 aromatic heterocycles. The lowest BCUT2D eigenvalue weighted by Gasteiger charge is -2.06. The molecule has 0 radical (unpaired) electrons. The van der Waals surface area contributed by atoms with Gasteiger partial charge in [-0.1, -0.05) is 6.07 Å². The van der Waals surface area contributed by atoms with Gasteiger partial charge < -0.3 is 9.67 Å². The van der Waals surface area contributed by atoms with Crippen LogP contribution in [0.4, 0.5) is 4.39 Å². The van der Waals surface area contributed by atoms with Crippen molar-refractivity contribution in [2.24, 2.45) is 0 Å². The number of thiazole rings is 1. The molecule has 4 aromatic rings. The van der Waals surface area contributed by atoms with Crippen LogP contribution in [0.1, 0.15) is 16.1 Å². The Morgan fingerprint density at radius 3 is 2.73 bits per heavy atom. The van der Waals surface area contributed by atoms with E-state index in [1.807, 2.05) is 0 Å². The highest BCUT2D eigenvalue weighted by atomic mass is 32.2. The largest absolute Gasteiger partial charge is 0.480 e. The fraction of sp³-hybridized carbons (Fsp3) is 0.150. The number of benzene rings is 1. The van der Waals surface area contributed by atoms with Crippen LogP contribution in [0.3, 0.4) is 0 Å². The number of halogens is 1. The zero-order valence-electron chi connectivity index (χ0n) is 15.7. The molecule has 7 nitrogen and oxygen atoms in total. The van der Waals surface area contributed by atoms with E-state index in [-0.39, 0.29) is 23.0 Å². The monoisotopic (exact) mass is 445 g/mol. The summed E-state index contributed by atoms with van der Waals surface area (Å²) in [7, 11) is -3.92. The summed E-state index contributed by atoms with van der Waals surface area (Å²) in [5.41, 5.74) is 3.31. The van der Waals surface area contributed by atoms with E-state index in [0.717, 1.165) is 0 Å². The summed E-state index contributed by atoms with van der Waals surface area (Å²) in [6.45, 7) is 1.46. The van der Waals surface area contributed by atoms with Crippen molar-refractivity contribution in [1.29, 1.82) is 0 Å². The van der Waals surface area contributed by atoms with Gasteiger partial charge in [0, 0.05) is 34.1 Å². The predicted molar refractivity (Wildman–Crippen MR) is 109 cm³/mol. The van der Waals surface area contributed by atoms with Crippen LogP contribution < -0.4 is 0 Å². The molecule has 0 amide bonds. The lowest BCUT2D eigenvalue weighted by molar-refractivity contribution is -0.137. The van der Waals surface area contributed by atoms with Crippen LogP contribution in [0, 0.1) is 12.7 Å². The van der Waals surface area contributed by atoms with Crippen molar-refractivity contribution in [3.8, 4) is 0 Å². The molecule has 4 rings (SSSR count). The maximum Gasteiger partial charge on any atom is 0.323 e. The van der Waals surface area contributed by atoms with Crippen LogP contribution in [-0.4, -0.2) is 34.0 Å². The first-order valence-electron chi connectivity index (χ1n) is 8.86. The lowest BCUT2D eigenvalue weighted by Crippen LogP contribution is -2.10. The van der Waals surface area contributed by atoms with Gasteiger partial charge in [0.15, 0.2) is 10.1 Å². The molecule has 0 saturated carbocycles. The Hall–Kier alpha value is -3.11. The molecule has 10 heteroatoms. The summed E-state index contributed by atoms with van der Waals surface area (Å²) in [5.74, 6) is -1.48. The molecule has 1 aromatic carbocycles. The molecular formula is C20H16FN3O4S2. The minimum absolute atomic E-state index is 0.0962. The molecule has 0 aliphatic rings. The van der Waals surface area contributed by atoms with Gasteiger partial charge in [-0.3, -0.25) is 4.79 Å². The van der Waals surface area contributed by atoms with Crippen LogP contribution in [-0.2, 0) is 27.6 Å². The molecule has 0 spiro atoms. The highest BCUT2D eigenvalue weighted by Crippen LogP contribution is 2.33. The third-order valence-electron chi connectivity index (χ3n) is 4.82. The molecule has 0 atom stereocenters. The van der Waals surface area contributed by atoms with E-state index >= 15 is 0 Å². The molecule has 3 heterocycles. The van der Waals surface area contributed by atoms with Gasteiger partial charge >= 0.3 is 5.97 Å². The van der Waals surface area contributed by atoms with Crippen molar-refractivity contribution in [3.63, 3.8) is 0 Å². The fourth-order valence-electron chi connectivity index (χ4n) is 3.45. The maximum atomic E-state index is 13.9. The molecule has 0 aliphatic heterocycles. The van der Waals surface area contributed by atoms with E-state index in [2.05, 4.69) is 9.97 Å². The summed E-state index contributed by atoms with van der Waals surface area (Å²) in [5, 5.41) is 9.60. The van der Waals surface area contributed by atoms with Crippen LogP contribution >= 0.6 is 11.3 Å². The van der Waals surface area contributed by atoms with Gasteiger partial charge in [0.05, 0.1) is 5.51 Å². The number of carboxylic acid groups (broad SMARTS) is 1. The molecule has 0 fully saturated rings. The van der Waals surface area contributed by atoms with Crippen LogP contribution in [0.2, 0.25) is 0 Å². The first kappa shape index (κ1) is 20.2. The number of sulfone groups is 1. The molecule has 30 heavy (non-hydrogen) atoms. The Bertz CT molecular complexity index is 1360. The van der Waals surface area contributed by atoms with Gasteiger partial charge in [0.2, 0.25) is 9.84 Å². The zero-order valence-corrected chi connectivity index (χ0v) is 17.4. The molecule has 0 saturated heterocycles. The first-order valence-corrected chi connectivity index (χ1v) is 11.2. The molecular weight excluding hydrogens is 429 g/mol. The smallest absolute Gasteiger partial charge is 0.323 e. The first-order chi connectivity index (χ1) is 14.3. The number of nitrogens with zero attached hydrogens (tertiary/aromatic N) is 3. The van der Waals surface area contributed by atoms with E-state index < -0.39 is 21.6 Å². The minimum Gasteiger partial charge on any atom is -0.480 e. The predicted octanol–water partition coefficient (Wildman–Crippen LogP) is 3.45. The highest BCUT2D eigenvalue weighted by molar-refractivity contribution is 7.91. The van der Waals surface area contributed by atoms with Crippen molar-refractivity contribution in [1.82, 2.24) is 14.5 Å². The number of hydrogen-bond donors (Lipinski definition) is 1. The molecule has 0 aliphatic carbocycles. The fourth-order valence-corrected chi connectivity index (χ4v) is 5.87. The average molecular weight is 445 g/mol. The second kappa shape index (κ2) is 7.62.